The molecule has 1 fully saturated rings. The van der Waals surface area contributed by atoms with Gasteiger partial charge in [-0.2, -0.15) is 0 Å². The van der Waals surface area contributed by atoms with E-state index < -0.39 is 0 Å². The second-order valence-corrected chi connectivity index (χ2v) is 5.14. The molecule has 0 bridgehead atoms. The second-order valence-electron chi connectivity index (χ2n) is 5.14. The van der Waals surface area contributed by atoms with Crippen LogP contribution in [-0.2, 0) is 16.0 Å². The van der Waals surface area contributed by atoms with Crippen LogP contribution in [0.2, 0.25) is 0 Å². The Labute approximate surface area is 115 Å². The summed E-state index contributed by atoms with van der Waals surface area (Å²) >= 11 is 0. The van der Waals surface area contributed by atoms with Crippen LogP contribution < -0.4 is 0 Å². The number of likely N-dealkylation sites (tertiary alicyclic amines) is 1. The standard InChI is InChI=1S/C16H23NO2/c18-16(14-15-8-4-3-5-9-15)19-13-12-17-10-6-1-2-7-11-17/h3-5,8-9H,1-2,6-7,10-14H2. The van der Waals surface area contributed by atoms with Gasteiger partial charge in [0.2, 0.25) is 0 Å². The van der Waals surface area contributed by atoms with Gasteiger partial charge in [-0.3, -0.25) is 9.69 Å². The molecule has 1 heterocycles. The van der Waals surface area contributed by atoms with Crippen LogP contribution in [0.4, 0.5) is 0 Å². The Balaban J connectivity index is 1.63. The first-order valence-electron chi connectivity index (χ1n) is 7.26. The van der Waals surface area contributed by atoms with Crippen LogP contribution in [-0.4, -0.2) is 37.1 Å². The summed E-state index contributed by atoms with van der Waals surface area (Å²) in [5.41, 5.74) is 1.02. The topological polar surface area (TPSA) is 29.5 Å². The average Bonchev–Trinajstić information content (AvgIpc) is 2.68. The number of carbonyl (C=O) groups is 1. The molecule has 0 saturated carbocycles. The molecule has 0 spiro atoms. The molecule has 0 aromatic heterocycles. The Bertz CT molecular complexity index is 370. The average molecular weight is 261 g/mol. The van der Waals surface area contributed by atoms with Crippen molar-refractivity contribution in [1.29, 1.82) is 0 Å². The van der Waals surface area contributed by atoms with Gasteiger partial charge in [-0.25, -0.2) is 0 Å². The largest absolute Gasteiger partial charge is 0.464 e. The van der Waals surface area contributed by atoms with Crippen LogP contribution >= 0.6 is 0 Å². The van der Waals surface area contributed by atoms with E-state index in [1.807, 2.05) is 30.3 Å². The smallest absolute Gasteiger partial charge is 0.310 e. The Kier molecular flexibility index (Phi) is 5.89. The molecule has 104 valence electrons. The van der Waals surface area contributed by atoms with Gasteiger partial charge in [-0.15, -0.1) is 0 Å². The minimum atomic E-state index is -0.124. The third-order valence-electron chi connectivity index (χ3n) is 3.56. The maximum absolute atomic E-state index is 11.7. The minimum Gasteiger partial charge on any atom is -0.464 e. The highest BCUT2D eigenvalue weighted by Crippen LogP contribution is 2.09. The number of esters is 1. The van der Waals surface area contributed by atoms with Crippen LogP contribution in [0.3, 0.4) is 0 Å². The van der Waals surface area contributed by atoms with Crippen molar-refractivity contribution in [3.8, 4) is 0 Å². The van der Waals surface area contributed by atoms with Gasteiger partial charge in [0.05, 0.1) is 6.42 Å². The monoisotopic (exact) mass is 261 g/mol. The molecule has 1 aromatic carbocycles. The third kappa shape index (κ3) is 5.43. The van der Waals surface area contributed by atoms with Gasteiger partial charge in [-0.1, -0.05) is 43.2 Å². The number of nitrogens with zero attached hydrogens (tertiary/aromatic N) is 1. The summed E-state index contributed by atoms with van der Waals surface area (Å²) in [6.45, 7) is 3.69. The van der Waals surface area contributed by atoms with Crippen molar-refractivity contribution in [1.82, 2.24) is 4.90 Å². The third-order valence-corrected chi connectivity index (χ3v) is 3.56. The number of hydrogen-bond donors (Lipinski definition) is 0. The van der Waals surface area contributed by atoms with Gasteiger partial charge < -0.3 is 4.74 Å². The van der Waals surface area contributed by atoms with Crippen molar-refractivity contribution in [2.75, 3.05) is 26.2 Å². The highest BCUT2D eigenvalue weighted by atomic mass is 16.5. The lowest BCUT2D eigenvalue weighted by Gasteiger charge is -2.19. The first-order valence-corrected chi connectivity index (χ1v) is 7.26. The van der Waals surface area contributed by atoms with E-state index in [9.17, 15) is 4.79 Å². The molecule has 0 radical (unpaired) electrons. The molecule has 3 nitrogen and oxygen atoms in total. The lowest BCUT2D eigenvalue weighted by atomic mass is 10.2. The van der Waals surface area contributed by atoms with E-state index >= 15 is 0 Å². The summed E-state index contributed by atoms with van der Waals surface area (Å²) in [6, 6.07) is 9.75. The molecule has 1 aromatic rings. The molecule has 0 N–H and O–H groups in total. The minimum absolute atomic E-state index is 0.124. The van der Waals surface area contributed by atoms with Crippen molar-refractivity contribution in [2.24, 2.45) is 0 Å². The molecule has 1 aliphatic heterocycles. The van der Waals surface area contributed by atoms with Crippen LogP contribution in [0.15, 0.2) is 30.3 Å². The maximum atomic E-state index is 11.7. The van der Waals surface area contributed by atoms with Crippen molar-refractivity contribution in [2.45, 2.75) is 32.1 Å². The quantitative estimate of drug-likeness (QED) is 0.763. The van der Waals surface area contributed by atoms with E-state index in [4.69, 9.17) is 4.74 Å². The zero-order chi connectivity index (χ0) is 13.3. The van der Waals surface area contributed by atoms with Gasteiger partial charge in [0, 0.05) is 6.54 Å². The molecular formula is C16H23NO2. The molecule has 0 aliphatic carbocycles. The predicted octanol–water partition coefficient (Wildman–Crippen LogP) is 2.65. The molecule has 0 atom stereocenters. The molecule has 19 heavy (non-hydrogen) atoms. The van der Waals surface area contributed by atoms with E-state index in [2.05, 4.69) is 4.90 Å². The van der Waals surface area contributed by atoms with E-state index in [1.165, 1.54) is 25.7 Å². The lowest BCUT2D eigenvalue weighted by molar-refractivity contribution is -0.143. The zero-order valence-electron chi connectivity index (χ0n) is 11.5. The second kappa shape index (κ2) is 7.95. The summed E-state index contributed by atoms with van der Waals surface area (Å²) < 4.78 is 5.31. The molecular weight excluding hydrogens is 238 g/mol. The summed E-state index contributed by atoms with van der Waals surface area (Å²) in [6.07, 6.45) is 5.60. The normalized spacial score (nSPS) is 16.8. The van der Waals surface area contributed by atoms with Crippen LogP contribution in [0.25, 0.3) is 0 Å². The van der Waals surface area contributed by atoms with Crippen molar-refractivity contribution >= 4 is 5.97 Å². The molecule has 0 amide bonds. The molecule has 3 heteroatoms. The van der Waals surface area contributed by atoms with Gasteiger partial charge in [0.25, 0.3) is 0 Å². The fourth-order valence-corrected chi connectivity index (χ4v) is 2.46. The molecule has 1 aliphatic rings. The summed E-state index contributed by atoms with van der Waals surface area (Å²) in [7, 11) is 0. The highest BCUT2D eigenvalue weighted by molar-refractivity contribution is 5.72. The highest BCUT2D eigenvalue weighted by Gasteiger charge is 2.10. The van der Waals surface area contributed by atoms with Crippen LogP contribution in [0.1, 0.15) is 31.2 Å². The maximum Gasteiger partial charge on any atom is 0.310 e. The first kappa shape index (κ1) is 14.1. The summed E-state index contributed by atoms with van der Waals surface area (Å²) in [5, 5.41) is 0. The van der Waals surface area contributed by atoms with E-state index in [-0.39, 0.29) is 5.97 Å². The van der Waals surface area contributed by atoms with E-state index in [0.717, 1.165) is 25.2 Å². The van der Waals surface area contributed by atoms with Crippen molar-refractivity contribution in [3.63, 3.8) is 0 Å². The van der Waals surface area contributed by atoms with Crippen LogP contribution in [0.5, 0.6) is 0 Å². The number of benzene rings is 1. The van der Waals surface area contributed by atoms with Gasteiger partial charge in [-0.05, 0) is 31.5 Å². The zero-order valence-corrected chi connectivity index (χ0v) is 11.5. The molecule has 2 rings (SSSR count). The fourth-order valence-electron chi connectivity index (χ4n) is 2.46. The number of carbonyl (C=O) groups excluding carboxylic acids is 1. The number of hydrogen-bond acceptors (Lipinski definition) is 3. The van der Waals surface area contributed by atoms with Crippen molar-refractivity contribution in [3.05, 3.63) is 35.9 Å². The molecule has 1 saturated heterocycles. The Morgan fingerprint density at radius 1 is 1.05 bits per heavy atom. The predicted molar refractivity (Wildman–Crippen MR) is 76.0 cm³/mol. The van der Waals surface area contributed by atoms with E-state index in [0.29, 0.717) is 13.0 Å². The number of ether oxygens (including phenoxy) is 1. The Morgan fingerprint density at radius 2 is 1.74 bits per heavy atom. The Hall–Kier alpha value is -1.35. The first-order chi connectivity index (χ1) is 9.34. The Morgan fingerprint density at radius 3 is 2.42 bits per heavy atom. The summed E-state index contributed by atoms with van der Waals surface area (Å²) in [5.74, 6) is -0.124. The fraction of sp³-hybridized carbons (Fsp3) is 0.562. The summed E-state index contributed by atoms with van der Waals surface area (Å²) in [4.78, 5) is 14.1. The SMILES string of the molecule is O=C(Cc1ccccc1)OCCN1CCCCCC1. The lowest BCUT2D eigenvalue weighted by Crippen LogP contribution is -2.29. The van der Waals surface area contributed by atoms with Crippen molar-refractivity contribution < 1.29 is 9.53 Å². The van der Waals surface area contributed by atoms with Gasteiger partial charge in [0.15, 0.2) is 0 Å². The van der Waals surface area contributed by atoms with E-state index in [1.54, 1.807) is 0 Å². The number of rotatable bonds is 5. The van der Waals surface area contributed by atoms with Gasteiger partial charge >= 0.3 is 5.97 Å². The van der Waals surface area contributed by atoms with Crippen LogP contribution in [0, 0.1) is 0 Å². The van der Waals surface area contributed by atoms with Gasteiger partial charge in [0.1, 0.15) is 6.61 Å². The molecule has 0 unspecified atom stereocenters.